The Kier molecular flexibility index (Phi) is 4.66. The van der Waals surface area contributed by atoms with Gasteiger partial charge in [-0.2, -0.15) is 29.5 Å². The zero-order valence-electron chi connectivity index (χ0n) is 11.0. The van der Waals surface area contributed by atoms with Crippen molar-refractivity contribution in [3.63, 3.8) is 0 Å². The van der Waals surface area contributed by atoms with Gasteiger partial charge in [-0.15, -0.1) is 0 Å². The summed E-state index contributed by atoms with van der Waals surface area (Å²) in [5.74, 6) is -0.596. The summed E-state index contributed by atoms with van der Waals surface area (Å²) in [6.07, 6.45) is 1.68. The number of amides is 2. The number of fused-ring (bicyclic) bond motifs is 1. The number of hydrogen-bond donors (Lipinski definition) is 3. The lowest BCUT2D eigenvalue weighted by atomic mass is 10.0. The molecule has 0 spiro atoms. The van der Waals surface area contributed by atoms with Crippen molar-refractivity contribution in [2.45, 2.75) is 43.0 Å². The standard InChI is InChI=1S/C10H16N2O7S2/c13-8(14)4-2-1-3-7-9-6(5-20-7)12(21(17,18)19)10(15)11(9)16/h6-7,9,16H,1-5H2,(H,13,14)(H,17,18,19)/t6-,7-,9-/m1/s1. The molecular weight excluding hydrogens is 324 g/mol. The molecule has 3 N–H and O–H groups in total. The third-order valence-electron chi connectivity index (χ3n) is 3.60. The fourth-order valence-corrected chi connectivity index (χ4v) is 5.24. The second-order valence-corrected chi connectivity index (χ2v) is 7.53. The van der Waals surface area contributed by atoms with Crippen molar-refractivity contribution in [1.82, 2.24) is 9.37 Å². The first-order chi connectivity index (χ1) is 9.73. The first kappa shape index (κ1) is 16.3. The van der Waals surface area contributed by atoms with Gasteiger partial charge < -0.3 is 5.11 Å². The number of hydrogen-bond acceptors (Lipinski definition) is 6. The topological polar surface area (TPSA) is 135 Å². The Labute approximate surface area is 125 Å². The zero-order valence-corrected chi connectivity index (χ0v) is 12.6. The van der Waals surface area contributed by atoms with Crippen molar-refractivity contribution in [3.8, 4) is 0 Å². The maximum atomic E-state index is 11.7. The average molecular weight is 340 g/mol. The fraction of sp³-hybridized carbons (Fsp3) is 0.800. The van der Waals surface area contributed by atoms with Crippen LogP contribution >= 0.6 is 11.8 Å². The minimum absolute atomic E-state index is 0.0460. The number of carboxylic acid groups (broad SMARTS) is 1. The summed E-state index contributed by atoms with van der Waals surface area (Å²) in [6.45, 7) is 0. The maximum Gasteiger partial charge on any atom is 0.364 e. The lowest BCUT2D eigenvalue weighted by Gasteiger charge is -2.21. The molecule has 2 fully saturated rings. The number of carboxylic acids is 1. The van der Waals surface area contributed by atoms with E-state index in [0.29, 0.717) is 28.6 Å². The largest absolute Gasteiger partial charge is 0.481 e. The van der Waals surface area contributed by atoms with Gasteiger partial charge in [0.25, 0.3) is 0 Å². The van der Waals surface area contributed by atoms with Gasteiger partial charge in [0.05, 0.1) is 12.1 Å². The van der Waals surface area contributed by atoms with Crippen LogP contribution in [0.3, 0.4) is 0 Å². The van der Waals surface area contributed by atoms with E-state index in [1.54, 1.807) is 0 Å². The average Bonchev–Trinajstić information content (AvgIpc) is 2.85. The number of unbranched alkanes of at least 4 members (excludes halogenated alkanes) is 1. The number of carbonyl (C=O) groups is 2. The summed E-state index contributed by atoms with van der Waals surface area (Å²) in [4.78, 5) is 22.1. The molecular formula is C10H16N2O7S2. The number of rotatable bonds is 6. The molecule has 11 heteroatoms. The monoisotopic (exact) mass is 340 g/mol. The van der Waals surface area contributed by atoms with Gasteiger partial charge in [-0.25, -0.2) is 4.79 Å². The van der Waals surface area contributed by atoms with E-state index in [2.05, 4.69) is 0 Å². The van der Waals surface area contributed by atoms with Crippen molar-refractivity contribution < 1.29 is 32.9 Å². The molecule has 0 aromatic rings. The van der Waals surface area contributed by atoms with E-state index in [1.807, 2.05) is 0 Å². The van der Waals surface area contributed by atoms with Gasteiger partial charge >= 0.3 is 22.3 Å². The molecule has 0 saturated carbocycles. The van der Waals surface area contributed by atoms with Crippen LogP contribution in [0.1, 0.15) is 25.7 Å². The normalized spacial score (nSPS) is 29.0. The molecule has 120 valence electrons. The summed E-state index contributed by atoms with van der Waals surface area (Å²) >= 11 is 1.40. The third-order valence-corrected chi connectivity index (χ3v) is 6.00. The zero-order chi connectivity index (χ0) is 15.8. The smallest absolute Gasteiger partial charge is 0.364 e. The predicted molar refractivity (Wildman–Crippen MR) is 72.3 cm³/mol. The summed E-state index contributed by atoms with van der Waals surface area (Å²) in [5.41, 5.74) is 0. The highest BCUT2D eigenvalue weighted by Crippen LogP contribution is 2.41. The molecule has 21 heavy (non-hydrogen) atoms. The van der Waals surface area contributed by atoms with Gasteiger partial charge in [0.2, 0.25) is 0 Å². The second-order valence-electron chi connectivity index (χ2n) is 4.97. The van der Waals surface area contributed by atoms with E-state index in [0.717, 1.165) is 0 Å². The first-order valence-electron chi connectivity index (χ1n) is 6.36. The van der Waals surface area contributed by atoms with Gasteiger partial charge in [0.15, 0.2) is 0 Å². The van der Waals surface area contributed by atoms with Gasteiger partial charge in [-0.3, -0.25) is 14.6 Å². The SMILES string of the molecule is O=C(O)CCCC[C@H]1SC[C@@H]2[C@H]1N(O)C(=O)N2S(=O)(=O)O. The molecule has 2 aliphatic rings. The lowest BCUT2D eigenvalue weighted by molar-refractivity contribution is -0.137. The van der Waals surface area contributed by atoms with Crippen LogP contribution in [0, 0.1) is 0 Å². The molecule has 0 aliphatic carbocycles. The molecule has 3 atom stereocenters. The van der Waals surface area contributed by atoms with E-state index >= 15 is 0 Å². The Bertz CT molecular complexity index is 538. The first-order valence-corrected chi connectivity index (χ1v) is 8.80. The van der Waals surface area contributed by atoms with E-state index < -0.39 is 34.4 Å². The number of hydroxylamine groups is 2. The lowest BCUT2D eigenvalue weighted by Crippen LogP contribution is -2.41. The molecule has 0 bridgehead atoms. The Balaban J connectivity index is 2.01. The van der Waals surface area contributed by atoms with Gasteiger partial charge in [0.1, 0.15) is 0 Å². The van der Waals surface area contributed by atoms with E-state index in [9.17, 15) is 23.2 Å². The minimum Gasteiger partial charge on any atom is -0.481 e. The second kappa shape index (κ2) is 5.99. The Hall–Kier alpha value is -1.04. The Morgan fingerprint density at radius 2 is 2.05 bits per heavy atom. The summed E-state index contributed by atoms with van der Waals surface area (Å²) in [6, 6.07) is -2.66. The van der Waals surface area contributed by atoms with Crippen LogP contribution in [-0.2, 0) is 15.1 Å². The molecule has 0 radical (unpaired) electrons. The summed E-state index contributed by atoms with van der Waals surface area (Å²) in [5, 5.41) is 18.5. The molecule has 2 rings (SSSR count). The quantitative estimate of drug-likeness (QED) is 0.274. The predicted octanol–water partition coefficient (Wildman–Crippen LogP) is 0.414. The van der Waals surface area contributed by atoms with Gasteiger partial charge in [-0.1, -0.05) is 6.42 Å². The minimum atomic E-state index is -4.71. The number of carbonyl (C=O) groups excluding carboxylic acids is 1. The van der Waals surface area contributed by atoms with Gasteiger partial charge in [-0.05, 0) is 12.8 Å². The van der Waals surface area contributed by atoms with Crippen molar-refractivity contribution >= 4 is 34.1 Å². The van der Waals surface area contributed by atoms with Crippen LogP contribution in [-0.4, -0.2) is 67.7 Å². The van der Waals surface area contributed by atoms with Crippen molar-refractivity contribution in [3.05, 3.63) is 0 Å². The maximum absolute atomic E-state index is 11.7. The molecule has 2 saturated heterocycles. The van der Waals surface area contributed by atoms with Crippen LogP contribution in [0.2, 0.25) is 0 Å². The summed E-state index contributed by atoms with van der Waals surface area (Å²) < 4.78 is 31.8. The van der Waals surface area contributed by atoms with Crippen molar-refractivity contribution in [2.24, 2.45) is 0 Å². The van der Waals surface area contributed by atoms with Gasteiger partial charge in [0, 0.05) is 17.4 Å². The van der Waals surface area contributed by atoms with Crippen molar-refractivity contribution in [2.75, 3.05) is 5.75 Å². The molecule has 2 heterocycles. The molecule has 0 unspecified atom stereocenters. The van der Waals surface area contributed by atoms with Crippen LogP contribution in [0.4, 0.5) is 4.79 Å². The number of urea groups is 1. The number of thioether (sulfide) groups is 1. The van der Waals surface area contributed by atoms with E-state index in [4.69, 9.17) is 9.66 Å². The van der Waals surface area contributed by atoms with Crippen LogP contribution < -0.4 is 0 Å². The van der Waals surface area contributed by atoms with Crippen LogP contribution in [0.5, 0.6) is 0 Å². The Morgan fingerprint density at radius 1 is 1.38 bits per heavy atom. The molecule has 9 nitrogen and oxygen atoms in total. The molecule has 0 aromatic heterocycles. The fourth-order valence-electron chi connectivity index (χ4n) is 2.71. The molecule has 2 amide bonds. The number of nitrogens with zero attached hydrogens (tertiary/aromatic N) is 2. The highest BCUT2D eigenvalue weighted by molar-refractivity contribution is 8.00. The van der Waals surface area contributed by atoms with E-state index in [-0.39, 0.29) is 17.4 Å². The molecule has 2 aliphatic heterocycles. The number of aliphatic carboxylic acids is 1. The highest BCUT2D eigenvalue weighted by atomic mass is 32.2. The third kappa shape index (κ3) is 3.25. The van der Waals surface area contributed by atoms with Crippen LogP contribution in [0.25, 0.3) is 0 Å². The highest BCUT2D eigenvalue weighted by Gasteiger charge is 2.56. The Morgan fingerprint density at radius 3 is 2.62 bits per heavy atom. The summed E-state index contributed by atoms with van der Waals surface area (Å²) in [7, 11) is -4.71. The molecule has 0 aromatic carbocycles. The van der Waals surface area contributed by atoms with Crippen molar-refractivity contribution in [1.29, 1.82) is 0 Å². The van der Waals surface area contributed by atoms with E-state index in [1.165, 1.54) is 11.8 Å². The van der Waals surface area contributed by atoms with Crippen LogP contribution in [0.15, 0.2) is 0 Å².